The molecule has 0 aliphatic heterocycles. The van der Waals surface area contributed by atoms with Gasteiger partial charge >= 0.3 is 5.97 Å². The fourth-order valence-electron chi connectivity index (χ4n) is 2.53. The van der Waals surface area contributed by atoms with Gasteiger partial charge in [0.2, 0.25) is 0 Å². The Morgan fingerprint density at radius 2 is 2.17 bits per heavy atom. The molecule has 0 bridgehead atoms. The number of nitrogens with zero attached hydrogens (tertiary/aromatic N) is 3. The lowest BCUT2D eigenvalue weighted by Crippen LogP contribution is -2.44. The van der Waals surface area contributed by atoms with E-state index in [4.69, 9.17) is 5.26 Å². The summed E-state index contributed by atoms with van der Waals surface area (Å²) in [6.07, 6.45) is 2.94. The Labute approximate surface area is 105 Å². The largest absolute Gasteiger partial charge is 0.480 e. The maximum Gasteiger partial charge on any atom is 0.329 e. The molecule has 1 fully saturated rings. The van der Waals surface area contributed by atoms with E-state index in [0.29, 0.717) is 29.9 Å². The molecule has 0 atom stereocenters. The van der Waals surface area contributed by atoms with E-state index in [1.54, 1.807) is 14.0 Å². The van der Waals surface area contributed by atoms with E-state index < -0.39 is 11.5 Å². The highest BCUT2D eigenvalue weighted by atomic mass is 16.4. The quantitative estimate of drug-likeness (QED) is 0.843. The first-order valence-corrected chi connectivity index (χ1v) is 5.95. The first-order valence-electron chi connectivity index (χ1n) is 5.95. The van der Waals surface area contributed by atoms with E-state index in [2.05, 4.69) is 16.5 Å². The molecule has 0 amide bonds. The van der Waals surface area contributed by atoms with Gasteiger partial charge in [0.05, 0.1) is 5.69 Å². The van der Waals surface area contributed by atoms with Gasteiger partial charge in [0.15, 0.2) is 0 Å². The van der Waals surface area contributed by atoms with Gasteiger partial charge in [0, 0.05) is 7.05 Å². The predicted octanol–water partition coefficient (Wildman–Crippen LogP) is 1.41. The molecule has 1 aromatic rings. The van der Waals surface area contributed by atoms with Crippen molar-refractivity contribution in [2.24, 2.45) is 7.05 Å². The van der Waals surface area contributed by atoms with Crippen molar-refractivity contribution >= 4 is 11.8 Å². The lowest BCUT2D eigenvalue weighted by atomic mass is 9.97. The van der Waals surface area contributed by atoms with Crippen LogP contribution >= 0.6 is 0 Å². The molecule has 1 aromatic heterocycles. The van der Waals surface area contributed by atoms with Gasteiger partial charge in [-0.05, 0) is 19.8 Å². The Balaban J connectivity index is 2.39. The zero-order valence-corrected chi connectivity index (χ0v) is 10.5. The summed E-state index contributed by atoms with van der Waals surface area (Å²) in [7, 11) is 1.71. The molecule has 0 aromatic carbocycles. The van der Waals surface area contributed by atoms with Crippen LogP contribution in [0.4, 0.5) is 5.82 Å². The minimum absolute atomic E-state index is 0.421. The third-order valence-electron chi connectivity index (χ3n) is 3.56. The summed E-state index contributed by atoms with van der Waals surface area (Å²) < 4.78 is 1.54. The van der Waals surface area contributed by atoms with Gasteiger partial charge in [-0.15, -0.1) is 0 Å². The third kappa shape index (κ3) is 1.82. The van der Waals surface area contributed by atoms with Crippen LogP contribution in [0, 0.1) is 18.3 Å². The zero-order chi connectivity index (χ0) is 13.3. The molecule has 2 rings (SSSR count). The Kier molecular flexibility index (Phi) is 2.99. The number of carboxylic acid groups (broad SMARTS) is 1. The fourth-order valence-corrected chi connectivity index (χ4v) is 2.53. The average molecular weight is 248 g/mol. The zero-order valence-electron chi connectivity index (χ0n) is 10.5. The van der Waals surface area contributed by atoms with Gasteiger partial charge < -0.3 is 10.4 Å². The predicted molar refractivity (Wildman–Crippen MR) is 65.1 cm³/mol. The summed E-state index contributed by atoms with van der Waals surface area (Å²) in [4.78, 5) is 11.5. The summed E-state index contributed by atoms with van der Waals surface area (Å²) in [6.45, 7) is 1.74. The highest BCUT2D eigenvalue weighted by Crippen LogP contribution is 2.34. The summed E-state index contributed by atoms with van der Waals surface area (Å²) in [5.41, 5.74) is 0.0808. The first kappa shape index (κ1) is 12.4. The number of hydrogen-bond acceptors (Lipinski definition) is 4. The van der Waals surface area contributed by atoms with Crippen LogP contribution in [0.25, 0.3) is 0 Å². The van der Waals surface area contributed by atoms with Crippen molar-refractivity contribution in [3.05, 3.63) is 11.3 Å². The number of carbonyl (C=O) groups is 1. The molecule has 1 saturated carbocycles. The van der Waals surface area contributed by atoms with Crippen molar-refractivity contribution in [3.63, 3.8) is 0 Å². The Bertz CT molecular complexity index is 521. The molecule has 18 heavy (non-hydrogen) atoms. The van der Waals surface area contributed by atoms with E-state index >= 15 is 0 Å². The second kappa shape index (κ2) is 4.33. The number of hydrogen-bond donors (Lipinski definition) is 2. The summed E-state index contributed by atoms with van der Waals surface area (Å²) in [6, 6.07) is 2.08. The maximum atomic E-state index is 11.5. The summed E-state index contributed by atoms with van der Waals surface area (Å²) in [5, 5.41) is 25.7. The molecular formula is C12H16N4O2. The van der Waals surface area contributed by atoms with Crippen LogP contribution in [0.1, 0.15) is 36.9 Å². The second-order valence-electron chi connectivity index (χ2n) is 4.76. The smallest absolute Gasteiger partial charge is 0.329 e. The van der Waals surface area contributed by atoms with Crippen molar-refractivity contribution in [1.82, 2.24) is 9.78 Å². The Morgan fingerprint density at radius 1 is 1.56 bits per heavy atom. The number of nitriles is 1. The molecule has 96 valence electrons. The molecule has 6 heteroatoms. The number of rotatable bonds is 3. The molecule has 0 unspecified atom stereocenters. The highest BCUT2D eigenvalue weighted by Gasteiger charge is 2.42. The van der Waals surface area contributed by atoms with Crippen molar-refractivity contribution in [1.29, 1.82) is 5.26 Å². The number of aliphatic carboxylic acids is 1. The van der Waals surface area contributed by atoms with Gasteiger partial charge in [-0.3, -0.25) is 4.68 Å². The SMILES string of the molecule is Cc1nn(C)c(NC2(C(=O)O)CCCC2)c1C#N. The minimum atomic E-state index is -0.953. The molecule has 0 saturated heterocycles. The van der Waals surface area contributed by atoms with Crippen molar-refractivity contribution < 1.29 is 9.90 Å². The number of aromatic nitrogens is 2. The second-order valence-corrected chi connectivity index (χ2v) is 4.76. The van der Waals surface area contributed by atoms with Gasteiger partial charge in [-0.2, -0.15) is 10.4 Å². The van der Waals surface area contributed by atoms with E-state index in [0.717, 1.165) is 12.8 Å². The standard InChI is InChI=1S/C12H16N4O2/c1-8-9(7-13)10(16(2)15-8)14-12(11(17)18)5-3-4-6-12/h14H,3-6H2,1-2H3,(H,17,18). The van der Waals surface area contributed by atoms with Crippen molar-refractivity contribution in [2.75, 3.05) is 5.32 Å². The normalized spacial score (nSPS) is 17.4. The number of aryl methyl sites for hydroxylation is 2. The van der Waals surface area contributed by atoms with Gasteiger partial charge in [0.1, 0.15) is 23.0 Å². The van der Waals surface area contributed by atoms with Crippen molar-refractivity contribution in [3.8, 4) is 6.07 Å². The molecule has 1 aliphatic rings. The minimum Gasteiger partial charge on any atom is -0.480 e. The van der Waals surface area contributed by atoms with E-state index in [1.165, 1.54) is 4.68 Å². The third-order valence-corrected chi connectivity index (χ3v) is 3.56. The maximum absolute atomic E-state index is 11.5. The molecule has 6 nitrogen and oxygen atoms in total. The molecule has 2 N–H and O–H groups in total. The van der Waals surface area contributed by atoms with Crippen molar-refractivity contribution in [2.45, 2.75) is 38.1 Å². The molecule has 1 aliphatic carbocycles. The van der Waals surface area contributed by atoms with Gasteiger partial charge in [0.25, 0.3) is 0 Å². The van der Waals surface area contributed by atoms with Crippen LogP contribution in [0.15, 0.2) is 0 Å². The van der Waals surface area contributed by atoms with Crippen LogP contribution in [0.3, 0.4) is 0 Å². The van der Waals surface area contributed by atoms with Crippen LogP contribution in [0.2, 0.25) is 0 Å². The van der Waals surface area contributed by atoms with Crippen LogP contribution in [-0.4, -0.2) is 26.4 Å². The molecule has 0 spiro atoms. The van der Waals surface area contributed by atoms with Crippen LogP contribution < -0.4 is 5.32 Å². The summed E-state index contributed by atoms with van der Waals surface area (Å²) >= 11 is 0. The van der Waals surface area contributed by atoms with Gasteiger partial charge in [-0.25, -0.2) is 4.79 Å². The number of nitrogens with one attached hydrogen (secondary N) is 1. The topological polar surface area (TPSA) is 90.9 Å². The van der Waals surface area contributed by atoms with E-state index in [9.17, 15) is 9.90 Å². The van der Waals surface area contributed by atoms with E-state index in [1.807, 2.05) is 0 Å². The first-order chi connectivity index (χ1) is 8.50. The monoisotopic (exact) mass is 248 g/mol. The molecule has 1 heterocycles. The van der Waals surface area contributed by atoms with E-state index in [-0.39, 0.29) is 0 Å². The average Bonchev–Trinajstić information content (AvgIpc) is 2.87. The lowest BCUT2D eigenvalue weighted by Gasteiger charge is -2.26. The molecular weight excluding hydrogens is 232 g/mol. The Morgan fingerprint density at radius 3 is 2.67 bits per heavy atom. The number of anilines is 1. The van der Waals surface area contributed by atoms with Crippen LogP contribution in [-0.2, 0) is 11.8 Å². The summed E-state index contributed by atoms with van der Waals surface area (Å²) in [5.74, 6) is -0.359. The Hall–Kier alpha value is -2.03. The fraction of sp³-hybridized carbons (Fsp3) is 0.583. The highest BCUT2D eigenvalue weighted by molar-refractivity contribution is 5.83. The number of carboxylic acids is 1. The lowest BCUT2D eigenvalue weighted by molar-refractivity contribution is -0.142. The van der Waals surface area contributed by atoms with Crippen LogP contribution in [0.5, 0.6) is 0 Å². The molecule has 0 radical (unpaired) electrons. The van der Waals surface area contributed by atoms with Gasteiger partial charge in [-0.1, -0.05) is 12.8 Å².